The predicted octanol–water partition coefficient (Wildman–Crippen LogP) is 2.69. The lowest BCUT2D eigenvalue weighted by atomic mass is 9.99. The molecule has 0 aliphatic carbocycles. The lowest BCUT2D eigenvalue weighted by Gasteiger charge is -2.20. The number of ether oxygens (including phenoxy) is 3. The quantitative estimate of drug-likeness (QED) is 0.440. The summed E-state index contributed by atoms with van der Waals surface area (Å²) in [6.07, 6.45) is 2.03. The second-order valence-electron chi connectivity index (χ2n) is 5.07. The largest absolute Gasteiger partial charge is 0.497 e. The van der Waals surface area contributed by atoms with Gasteiger partial charge in [-0.05, 0) is 43.2 Å². The average molecular weight is 304 g/mol. The number of hydrogen-bond acceptors (Lipinski definition) is 5. The Bertz CT molecular complexity index is 559. The van der Waals surface area contributed by atoms with Gasteiger partial charge in [0.1, 0.15) is 23.9 Å². The van der Waals surface area contributed by atoms with Crippen LogP contribution < -0.4 is 9.47 Å². The van der Waals surface area contributed by atoms with Crippen molar-refractivity contribution < 1.29 is 23.8 Å². The van der Waals surface area contributed by atoms with E-state index in [-0.39, 0.29) is 12.1 Å². The van der Waals surface area contributed by atoms with E-state index in [0.717, 1.165) is 17.6 Å². The Balaban J connectivity index is 2.17. The molecule has 0 N–H and O–H groups in total. The maximum absolute atomic E-state index is 11.7. The van der Waals surface area contributed by atoms with E-state index in [9.17, 15) is 9.59 Å². The highest BCUT2D eigenvalue weighted by Gasteiger charge is 2.26. The molecule has 1 aliphatic heterocycles. The number of carbonyl (C=O) groups is 2. The first kappa shape index (κ1) is 16.1. The van der Waals surface area contributed by atoms with Gasteiger partial charge in [-0.2, -0.15) is 0 Å². The molecular formula is C17H20O5. The number of aldehydes is 1. The topological polar surface area (TPSA) is 61.8 Å². The van der Waals surface area contributed by atoms with Crippen LogP contribution in [0.25, 0.3) is 0 Å². The molecule has 1 aromatic carbocycles. The number of esters is 1. The molecule has 1 aromatic rings. The number of hydrogen-bond donors (Lipinski definition) is 0. The summed E-state index contributed by atoms with van der Waals surface area (Å²) < 4.78 is 16.1. The van der Waals surface area contributed by atoms with Crippen molar-refractivity contribution in [3.8, 4) is 11.5 Å². The van der Waals surface area contributed by atoms with E-state index >= 15 is 0 Å². The average Bonchev–Trinajstić information content (AvgIpc) is 2.97. The van der Waals surface area contributed by atoms with Gasteiger partial charge in [0.25, 0.3) is 0 Å². The molecule has 1 aliphatic rings. The van der Waals surface area contributed by atoms with Gasteiger partial charge in [-0.3, -0.25) is 0 Å². The first-order valence-electron chi connectivity index (χ1n) is 7.26. The molecule has 5 nitrogen and oxygen atoms in total. The Morgan fingerprint density at radius 3 is 2.55 bits per heavy atom. The predicted molar refractivity (Wildman–Crippen MR) is 81.0 cm³/mol. The molecule has 0 radical (unpaired) electrons. The molecule has 1 atom stereocenters. The minimum absolute atomic E-state index is 0.285. The molecule has 0 bridgehead atoms. The Labute approximate surface area is 129 Å². The second kappa shape index (κ2) is 7.64. The van der Waals surface area contributed by atoms with Crippen LogP contribution in [-0.4, -0.2) is 32.1 Å². The summed E-state index contributed by atoms with van der Waals surface area (Å²) in [6.45, 7) is 2.27. The molecule has 1 heterocycles. The van der Waals surface area contributed by atoms with E-state index in [0.29, 0.717) is 37.2 Å². The van der Waals surface area contributed by atoms with Crippen LogP contribution in [0.15, 0.2) is 35.4 Å². The number of cyclic esters (lactones) is 1. The second-order valence-corrected chi connectivity index (χ2v) is 5.07. The summed E-state index contributed by atoms with van der Waals surface area (Å²) in [5.74, 6) is 1.13. The van der Waals surface area contributed by atoms with Gasteiger partial charge < -0.3 is 19.0 Å². The zero-order valence-electron chi connectivity index (χ0n) is 12.8. The van der Waals surface area contributed by atoms with Crippen molar-refractivity contribution in [1.82, 2.24) is 0 Å². The molecule has 5 heteroatoms. The molecule has 0 unspecified atom stereocenters. The fourth-order valence-electron chi connectivity index (χ4n) is 2.39. The van der Waals surface area contributed by atoms with E-state index in [4.69, 9.17) is 14.2 Å². The number of rotatable bonds is 7. The van der Waals surface area contributed by atoms with Crippen molar-refractivity contribution in [2.45, 2.75) is 32.3 Å². The fraction of sp³-hybridized carbons (Fsp3) is 0.412. The molecule has 0 aromatic heterocycles. The van der Waals surface area contributed by atoms with Crippen LogP contribution in [0, 0.1) is 0 Å². The van der Waals surface area contributed by atoms with Gasteiger partial charge in [-0.1, -0.05) is 0 Å². The van der Waals surface area contributed by atoms with Gasteiger partial charge >= 0.3 is 5.97 Å². The van der Waals surface area contributed by atoms with Gasteiger partial charge in [-0.15, -0.1) is 0 Å². The van der Waals surface area contributed by atoms with Crippen LogP contribution in [0.5, 0.6) is 11.5 Å². The third kappa shape index (κ3) is 3.87. The van der Waals surface area contributed by atoms with Crippen LogP contribution in [0.3, 0.4) is 0 Å². The number of methoxy groups -OCH3 is 1. The fourth-order valence-corrected chi connectivity index (χ4v) is 2.39. The summed E-state index contributed by atoms with van der Waals surface area (Å²) in [6, 6.07) is 7.21. The Morgan fingerprint density at radius 1 is 1.32 bits per heavy atom. The normalized spacial score (nSPS) is 17.6. The highest BCUT2D eigenvalue weighted by atomic mass is 16.5. The van der Waals surface area contributed by atoms with Gasteiger partial charge in [0.15, 0.2) is 0 Å². The molecular weight excluding hydrogens is 284 g/mol. The zero-order chi connectivity index (χ0) is 15.9. The molecule has 0 spiro atoms. The van der Waals surface area contributed by atoms with E-state index in [2.05, 4.69) is 0 Å². The van der Waals surface area contributed by atoms with E-state index in [1.54, 1.807) is 31.4 Å². The number of carbonyl (C=O) groups excluding carboxylic acids is 2. The van der Waals surface area contributed by atoms with Crippen LogP contribution in [-0.2, 0) is 14.3 Å². The maximum atomic E-state index is 11.7. The van der Waals surface area contributed by atoms with Crippen LogP contribution in [0.2, 0.25) is 0 Å². The summed E-state index contributed by atoms with van der Waals surface area (Å²) in [5, 5.41) is 0. The van der Waals surface area contributed by atoms with Crippen molar-refractivity contribution in [3.05, 3.63) is 35.4 Å². The molecule has 0 saturated carbocycles. The van der Waals surface area contributed by atoms with Crippen molar-refractivity contribution in [1.29, 1.82) is 0 Å². The minimum Gasteiger partial charge on any atom is -0.497 e. The zero-order valence-corrected chi connectivity index (χ0v) is 12.8. The van der Waals surface area contributed by atoms with Crippen molar-refractivity contribution >= 4 is 12.3 Å². The summed E-state index contributed by atoms with van der Waals surface area (Å²) in [5.41, 5.74) is 1.49. The summed E-state index contributed by atoms with van der Waals surface area (Å²) in [4.78, 5) is 22.4. The first-order valence-corrected chi connectivity index (χ1v) is 7.26. The van der Waals surface area contributed by atoms with Crippen LogP contribution in [0.4, 0.5) is 0 Å². The molecule has 1 saturated heterocycles. The smallest absolute Gasteiger partial charge is 0.334 e. The minimum atomic E-state index is -0.320. The molecule has 2 rings (SSSR count). The molecule has 118 valence electrons. The lowest BCUT2D eigenvalue weighted by molar-refractivity contribution is -0.135. The Kier molecular flexibility index (Phi) is 5.58. The van der Waals surface area contributed by atoms with Crippen LogP contribution >= 0.6 is 0 Å². The lowest BCUT2D eigenvalue weighted by Crippen LogP contribution is -2.20. The highest BCUT2D eigenvalue weighted by Crippen LogP contribution is 2.26. The first-order chi connectivity index (χ1) is 10.7. The van der Waals surface area contributed by atoms with Crippen molar-refractivity contribution in [2.24, 2.45) is 0 Å². The number of benzene rings is 1. The van der Waals surface area contributed by atoms with E-state index in [1.807, 2.05) is 6.92 Å². The van der Waals surface area contributed by atoms with E-state index < -0.39 is 0 Å². The standard InChI is InChI=1S/C17H20O5/c1-12(15-9-11-21-17(15)19)16(4-3-10-18)22-14-7-5-13(20-2)6-8-14/h5-8,10,16H,3-4,9,11H2,1-2H3/b15-12-/t16-/m0/s1. The van der Waals surface area contributed by atoms with Crippen LogP contribution in [0.1, 0.15) is 26.2 Å². The van der Waals surface area contributed by atoms with Crippen molar-refractivity contribution in [3.63, 3.8) is 0 Å². The van der Waals surface area contributed by atoms with Gasteiger partial charge in [0.05, 0.1) is 13.7 Å². The maximum Gasteiger partial charge on any atom is 0.334 e. The van der Waals surface area contributed by atoms with Gasteiger partial charge in [-0.25, -0.2) is 4.79 Å². The van der Waals surface area contributed by atoms with Gasteiger partial charge in [0, 0.05) is 18.4 Å². The monoisotopic (exact) mass is 304 g/mol. The van der Waals surface area contributed by atoms with Gasteiger partial charge in [0.2, 0.25) is 0 Å². The van der Waals surface area contributed by atoms with Crippen molar-refractivity contribution in [2.75, 3.05) is 13.7 Å². The Hall–Kier alpha value is -2.30. The summed E-state index contributed by atoms with van der Waals surface area (Å²) >= 11 is 0. The molecule has 1 fully saturated rings. The highest BCUT2D eigenvalue weighted by molar-refractivity contribution is 5.91. The van der Waals surface area contributed by atoms with E-state index in [1.165, 1.54) is 0 Å². The molecule has 22 heavy (non-hydrogen) atoms. The third-order valence-corrected chi connectivity index (χ3v) is 3.68. The third-order valence-electron chi connectivity index (χ3n) is 3.68. The Morgan fingerprint density at radius 2 is 2.00 bits per heavy atom. The summed E-state index contributed by atoms with van der Waals surface area (Å²) in [7, 11) is 1.60. The SMILES string of the molecule is COc1ccc(O[C@@H](CCC=O)/C(C)=C2/CCOC2=O)cc1. The molecule has 0 amide bonds.